The van der Waals surface area contributed by atoms with Crippen LogP contribution in [0.1, 0.15) is 49.9 Å². The molecule has 1 N–H and O–H groups in total. The van der Waals surface area contributed by atoms with Crippen LogP contribution in [0.3, 0.4) is 0 Å². The van der Waals surface area contributed by atoms with Gasteiger partial charge in [0.05, 0.1) is 46.7 Å². The van der Waals surface area contributed by atoms with Gasteiger partial charge in [0.1, 0.15) is 5.82 Å². The lowest BCUT2D eigenvalue weighted by Crippen LogP contribution is -2.27. The second-order valence-electron chi connectivity index (χ2n) is 10.5. The van der Waals surface area contributed by atoms with Gasteiger partial charge in [-0.3, -0.25) is 4.98 Å². The summed E-state index contributed by atoms with van der Waals surface area (Å²) in [7, 11) is -3.43. The maximum Gasteiger partial charge on any atom is 0.256 e. The van der Waals surface area contributed by atoms with E-state index >= 15 is 0 Å². The summed E-state index contributed by atoms with van der Waals surface area (Å²) in [5, 5.41) is 8.19. The van der Waals surface area contributed by atoms with Crippen LogP contribution in [0.5, 0.6) is 0 Å². The van der Waals surface area contributed by atoms with E-state index in [1.807, 2.05) is 12.3 Å². The van der Waals surface area contributed by atoms with Crippen molar-refractivity contribution in [3.05, 3.63) is 66.5 Å². The highest BCUT2D eigenvalue weighted by Crippen LogP contribution is 2.33. The number of aromatic nitrogens is 8. The Hall–Kier alpha value is -3.90. The van der Waals surface area contributed by atoms with Crippen LogP contribution in [0, 0.1) is 0 Å². The van der Waals surface area contributed by atoms with Crippen LogP contribution in [-0.2, 0) is 29.5 Å². The summed E-state index contributed by atoms with van der Waals surface area (Å²) < 4.78 is 30.6. The van der Waals surface area contributed by atoms with E-state index in [0.29, 0.717) is 30.7 Å². The van der Waals surface area contributed by atoms with Crippen molar-refractivity contribution >= 4 is 20.9 Å². The Kier molecular flexibility index (Phi) is 5.63. The predicted octanol–water partition coefficient (Wildman–Crippen LogP) is 3.17. The lowest BCUT2D eigenvalue weighted by Gasteiger charge is -2.13. The molecule has 6 heterocycles. The normalized spacial score (nSPS) is 15.8. The van der Waals surface area contributed by atoms with Gasteiger partial charge in [0.25, 0.3) is 10.0 Å². The van der Waals surface area contributed by atoms with Crippen molar-refractivity contribution in [2.24, 2.45) is 0 Å². The van der Waals surface area contributed by atoms with E-state index in [1.54, 1.807) is 6.20 Å². The Morgan fingerprint density at radius 3 is 2.74 bits per heavy atom. The number of hydrogen-bond acceptors (Lipinski definition) is 8. The molecular formula is C27H29N9O2S. The first-order chi connectivity index (χ1) is 18.9. The molecule has 7 rings (SSSR count). The lowest BCUT2D eigenvalue weighted by atomic mass is 10.1. The van der Waals surface area contributed by atoms with Gasteiger partial charge < -0.3 is 14.5 Å². The third-order valence-corrected chi connectivity index (χ3v) is 9.41. The van der Waals surface area contributed by atoms with Gasteiger partial charge in [0.2, 0.25) is 0 Å². The number of hydrogen-bond donors (Lipinski definition) is 1. The average molecular weight is 544 g/mol. The third kappa shape index (κ3) is 4.33. The molecule has 12 heteroatoms. The Balaban J connectivity index is 1.20. The van der Waals surface area contributed by atoms with Gasteiger partial charge in [-0.05, 0) is 38.8 Å². The van der Waals surface area contributed by atoms with E-state index in [1.165, 1.54) is 12.4 Å². The summed E-state index contributed by atoms with van der Waals surface area (Å²) in [5.74, 6) is 1.50. The SMILES string of the molecule is CC(C)n1cc(-c2cn3c(n2)CNCC3)c2cnc(Cc3ccnc(-c4cnn(S(=O)(=O)C5CC5)c4)n3)cc21. The second-order valence-corrected chi connectivity index (χ2v) is 12.6. The number of nitrogens with zero attached hydrogens (tertiary/aromatic N) is 8. The second kappa shape index (κ2) is 9.09. The Morgan fingerprint density at radius 2 is 1.95 bits per heavy atom. The van der Waals surface area contributed by atoms with Crippen molar-refractivity contribution in [1.29, 1.82) is 0 Å². The minimum atomic E-state index is -3.43. The molecule has 0 unspecified atom stereocenters. The summed E-state index contributed by atoms with van der Waals surface area (Å²) in [4.78, 5) is 18.8. The van der Waals surface area contributed by atoms with Gasteiger partial charge in [0.15, 0.2) is 5.82 Å². The van der Waals surface area contributed by atoms with Gasteiger partial charge >= 0.3 is 0 Å². The predicted molar refractivity (Wildman–Crippen MR) is 146 cm³/mol. The van der Waals surface area contributed by atoms with Gasteiger partial charge in [-0.1, -0.05) is 0 Å². The molecule has 1 saturated carbocycles. The van der Waals surface area contributed by atoms with E-state index in [2.05, 4.69) is 56.8 Å². The van der Waals surface area contributed by atoms with Gasteiger partial charge in [0, 0.05) is 67.0 Å². The maximum atomic E-state index is 12.5. The smallest absolute Gasteiger partial charge is 0.256 e. The number of imidazole rings is 1. The molecule has 11 nitrogen and oxygen atoms in total. The highest BCUT2D eigenvalue weighted by Gasteiger charge is 2.37. The van der Waals surface area contributed by atoms with E-state index in [-0.39, 0.29) is 11.3 Å². The van der Waals surface area contributed by atoms with Crippen LogP contribution in [0.15, 0.2) is 49.3 Å². The molecule has 0 atom stereocenters. The minimum Gasteiger partial charge on any atom is -0.344 e. The van der Waals surface area contributed by atoms with E-state index in [9.17, 15) is 8.42 Å². The monoisotopic (exact) mass is 543 g/mol. The highest BCUT2D eigenvalue weighted by atomic mass is 32.2. The maximum absolute atomic E-state index is 12.5. The van der Waals surface area contributed by atoms with Crippen molar-refractivity contribution < 1.29 is 8.42 Å². The first-order valence-electron chi connectivity index (χ1n) is 13.2. The summed E-state index contributed by atoms with van der Waals surface area (Å²) in [6, 6.07) is 4.25. The fourth-order valence-corrected chi connectivity index (χ4v) is 6.61. The van der Waals surface area contributed by atoms with Crippen LogP contribution in [0.2, 0.25) is 0 Å². The minimum absolute atomic E-state index is 0.268. The first kappa shape index (κ1) is 24.2. The summed E-state index contributed by atoms with van der Waals surface area (Å²) in [6.45, 7) is 7.00. The lowest BCUT2D eigenvalue weighted by molar-refractivity contribution is 0.505. The largest absolute Gasteiger partial charge is 0.344 e. The molecule has 1 aliphatic heterocycles. The number of fused-ring (bicyclic) bond motifs is 2. The molecule has 0 spiro atoms. The van der Waals surface area contributed by atoms with Crippen molar-refractivity contribution in [3.63, 3.8) is 0 Å². The molecule has 0 radical (unpaired) electrons. The van der Waals surface area contributed by atoms with Gasteiger partial charge in [-0.25, -0.2) is 23.4 Å². The fraction of sp³-hybridized carbons (Fsp3) is 0.370. The fourth-order valence-electron chi connectivity index (χ4n) is 5.13. The van der Waals surface area contributed by atoms with Crippen LogP contribution in [0.25, 0.3) is 33.5 Å². The Bertz CT molecular complexity index is 1790. The molecule has 200 valence electrons. The zero-order chi connectivity index (χ0) is 26.7. The average Bonchev–Trinajstić information content (AvgIpc) is 3.35. The molecule has 0 saturated heterocycles. The zero-order valence-electron chi connectivity index (χ0n) is 21.8. The standard InChI is InChI=1S/C27H29N9O2S/c1-17(2)35-15-23(24-16-34-8-7-28-13-26(34)33-24)22-12-30-20(10-25(22)35)9-19-5-6-29-27(32-19)18-11-31-36(14-18)39(37,38)21-3-4-21/h5-6,10-12,14-17,21,28H,3-4,7-9,13H2,1-2H3. The molecule has 0 aromatic carbocycles. The number of pyridine rings is 1. The number of nitrogens with one attached hydrogen (secondary N) is 1. The molecule has 0 amide bonds. The molecule has 1 fully saturated rings. The quantitative estimate of drug-likeness (QED) is 0.332. The van der Waals surface area contributed by atoms with Crippen LogP contribution in [-0.4, -0.2) is 58.5 Å². The molecule has 5 aromatic heterocycles. The molecule has 39 heavy (non-hydrogen) atoms. The first-order valence-corrected chi connectivity index (χ1v) is 14.7. The molecule has 2 aliphatic rings. The van der Waals surface area contributed by atoms with Gasteiger partial charge in [-0.2, -0.15) is 9.19 Å². The Labute approximate surface area is 226 Å². The molecule has 1 aliphatic carbocycles. The summed E-state index contributed by atoms with van der Waals surface area (Å²) in [5.41, 5.74) is 5.41. The molecule has 0 bridgehead atoms. The van der Waals surface area contributed by atoms with E-state index in [4.69, 9.17) is 15.0 Å². The van der Waals surface area contributed by atoms with Crippen molar-refractivity contribution in [1.82, 2.24) is 43.6 Å². The summed E-state index contributed by atoms with van der Waals surface area (Å²) >= 11 is 0. The molecular weight excluding hydrogens is 514 g/mol. The van der Waals surface area contributed by atoms with Crippen LogP contribution >= 0.6 is 0 Å². The summed E-state index contributed by atoms with van der Waals surface area (Å²) in [6.07, 6.45) is 12.8. The zero-order valence-corrected chi connectivity index (χ0v) is 22.6. The topological polar surface area (TPSA) is 125 Å². The van der Waals surface area contributed by atoms with Crippen molar-refractivity contribution in [2.75, 3.05) is 6.54 Å². The van der Waals surface area contributed by atoms with Crippen molar-refractivity contribution in [2.45, 2.75) is 57.5 Å². The van der Waals surface area contributed by atoms with Crippen LogP contribution < -0.4 is 5.32 Å². The molecule has 5 aromatic rings. The van der Waals surface area contributed by atoms with E-state index < -0.39 is 10.0 Å². The van der Waals surface area contributed by atoms with Gasteiger partial charge in [-0.15, -0.1) is 0 Å². The Morgan fingerprint density at radius 1 is 1.08 bits per heavy atom. The van der Waals surface area contributed by atoms with Crippen molar-refractivity contribution in [3.8, 4) is 22.6 Å². The highest BCUT2D eigenvalue weighted by molar-refractivity contribution is 7.90. The van der Waals surface area contributed by atoms with E-state index in [0.717, 1.165) is 63.1 Å². The third-order valence-electron chi connectivity index (χ3n) is 7.38. The van der Waals surface area contributed by atoms with Crippen LogP contribution in [0.4, 0.5) is 0 Å². The number of rotatable bonds is 7.